The van der Waals surface area contributed by atoms with Gasteiger partial charge in [-0.2, -0.15) is 13.2 Å². The maximum atomic E-state index is 12.9. The van der Waals surface area contributed by atoms with Crippen LogP contribution in [-0.2, 0) is 11.3 Å². The van der Waals surface area contributed by atoms with Gasteiger partial charge in [0.2, 0.25) is 5.91 Å². The minimum Gasteiger partial charge on any atom is -0.357 e. The number of hydrogen-bond donors (Lipinski definition) is 2. The van der Waals surface area contributed by atoms with E-state index >= 15 is 0 Å². The molecule has 1 atom stereocenters. The number of hydrogen-bond acceptors (Lipinski definition) is 3. The first-order chi connectivity index (χ1) is 13.3. The zero-order chi connectivity index (χ0) is 20.6. The van der Waals surface area contributed by atoms with Crippen LogP contribution in [0.2, 0.25) is 0 Å². The molecule has 1 aliphatic rings. The Labute approximate surface area is 186 Å². The van der Waals surface area contributed by atoms with E-state index in [4.69, 9.17) is 0 Å². The number of guanidine groups is 1. The number of aliphatic imine (C=N–C) groups is 1. The predicted molar refractivity (Wildman–Crippen MR) is 118 cm³/mol. The van der Waals surface area contributed by atoms with Crippen molar-refractivity contribution in [1.29, 1.82) is 0 Å². The van der Waals surface area contributed by atoms with Crippen molar-refractivity contribution in [3.63, 3.8) is 0 Å². The zero-order valence-corrected chi connectivity index (χ0v) is 19.0. The summed E-state index contributed by atoms with van der Waals surface area (Å²) in [7, 11) is 0. The average Bonchev–Trinajstić information content (AvgIpc) is 2.69. The Kier molecular flexibility index (Phi) is 10.7. The van der Waals surface area contributed by atoms with E-state index in [9.17, 15) is 18.0 Å². The summed E-state index contributed by atoms with van der Waals surface area (Å²) in [6, 6.07) is 8.11. The number of carbonyl (C=O) groups excluding carboxylic acids is 1. The lowest BCUT2D eigenvalue weighted by Gasteiger charge is -2.39. The van der Waals surface area contributed by atoms with Crippen LogP contribution in [0.1, 0.15) is 19.4 Å². The highest BCUT2D eigenvalue weighted by atomic mass is 127. The molecule has 1 unspecified atom stereocenters. The van der Waals surface area contributed by atoms with E-state index in [0.29, 0.717) is 45.2 Å². The van der Waals surface area contributed by atoms with Gasteiger partial charge in [-0.05, 0) is 19.4 Å². The molecule has 10 heteroatoms. The van der Waals surface area contributed by atoms with Crippen LogP contribution in [0.25, 0.3) is 0 Å². The number of alkyl halides is 3. The number of rotatable bonds is 6. The van der Waals surface area contributed by atoms with Crippen LogP contribution in [0.3, 0.4) is 0 Å². The molecule has 0 aromatic heterocycles. The van der Waals surface area contributed by atoms with Crippen molar-refractivity contribution in [2.75, 3.05) is 39.3 Å². The summed E-state index contributed by atoms with van der Waals surface area (Å²) in [4.78, 5) is 19.7. The Hall–Kier alpha value is -1.56. The van der Waals surface area contributed by atoms with Gasteiger partial charge < -0.3 is 15.5 Å². The third-order valence-electron chi connectivity index (χ3n) is 4.68. The van der Waals surface area contributed by atoms with E-state index in [1.165, 1.54) is 11.8 Å². The van der Waals surface area contributed by atoms with Gasteiger partial charge >= 0.3 is 6.18 Å². The summed E-state index contributed by atoms with van der Waals surface area (Å²) in [5, 5.41) is 5.92. The highest BCUT2D eigenvalue weighted by Gasteiger charge is 2.41. The maximum Gasteiger partial charge on any atom is 0.403 e. The minimum atomic E-state index is -4.22. The third-order valence-corrected chi connectivity index (χ3v) is 4.68. The molecule has 2 rings (SSSR count). The third kappa shape index (κ3) is 8.37. The molecular formula is C19H29F3IN5O. The molecule has 1 fully saturated rings. The van der Waals surface area contributed by atoms with Gasteiger partial charge in [0.15, 0.2) is 5.96 Å². The quantitative estimate of drug-likeness (QED) is 0.339. The van der Waals surface area contributed by atoms with Gasteiger partial charge in [0.25, 0.3) is 0 Å². The lowest BCUT2D eigenvalue weighted by atomic mass is 10.2. The van der Waals surface area contributed by atoms with Crippen LogP contribution in [-0.4, -0.2) is 73.2 Å². The van der Waals surface area contributed by atoms with Crippen molar-refractivity contribution in [1.82, 2.24) is 20.4 Å². The summed E-state index contributed by atoms with van der Waals surface area (Å²) in [5.74, 6) is 0.347. The fraction of sp³-hybridized carbons (Fsp3) is 0.579. The van der Waals surface area contributed by atoms with E-state index in [1.807, 2.05) is 42.2 Å². The smallest absolute Gasteiger partial charge is 0.357 e. The fourth-order valence-electron chi connectivity index (χ4n) is 2.95. The van der Waals surface area contributed by atoms with Crippen molar-refractivity contribution in [2.45, 2.75) is 32.6 Å². The number of nitrogens with zero attached hydrogens (tertiary/aromatic N) is 3. The van der Waals surface area contributed by atoms with Crippen molar-refractivity contribution in [3.8, 4) is 0 Å². The van der Waals surface area contributed by atoms with Crippen molar-refractivity contribution in [3.05, 3.63) is 35.9 Å². The second-order valence-electron chi connectivity index (χ2n) is 6.67. The average molecular weight is 527 g/mol. The highest BCUT2D eigenvalue weighted by molar-refractivity contribution is 14.0. The van der Waals surface area contributed by atoms with Gasteiger partial charge in [-0.3, -0.25) is 9.69 Å². The second kappa shape index (κ2) is 12.2. The molecule has 2 N–H and O–H groups in total. The van der Waals surface area contributed by atoms with Crippen LogP contribution in [0.5, 0.6) is 0 Å². The van der Waals surface area contributed by atoms with Gasteiger partial charge in [-0.25, -0.2) is 4.99 Å². The molecule has 1 aromatic rings. The molecule has 0 radical (unpaired) electrons. The molecular weight excluding hydrogens is 498 g/mol. The number of halogens is 4. The Morgan fingerprint density at radius 1 is 1.14 bits per heavy atom. The van der Waals surface area contributed by atoms with Crippen LogP contribution in [0.4, 0.5) is 13.2 Å². The number of piperazine rings is 1. The first-order valence-electron chi connectivity index (χ1n) is 9.46. The molecule has 1 saturated heterocycles. The van der Waals surface area contributed by atoms with E-state index in [1.54, 1.807) is 0 Å². The van der Waals surface area contributed by atoms with Crippen LogP contribution >= 0.6 is 24.0 Å². The lowest BCUT2D eigenvalue weighted by molar-refractivity contribution is -0.181. The second-order valence-corrected chi connectivity index (χ2v) is 6.67. The first kappa shape index (κ1) is 25.5. The van der Waals surface area contributed by atoms with Crippen molar-refractivity contribution >= 4 is 35.8 Å². The summed E-state index contributed by atoms with van der Waals surface area (Å²) >= 11 is 0. The predicted octanol–water partition coefficient (Wildman–Crippen LogP) is 2.45. The van der Waals surface area contributed by atoms with Crippen LogP contribution in [0, 0.1) is 0 Å². The van der Waals surface area contributed by atoms with Crippen molar-refractivity contribution in [2.24, 2.45) is 4.99 Å². The van der Waals surface area contributed by atoms with Crippen molar-refractivity contribution < 1.29 is 18.0 Å². The Morgan fingerprint density at radius 2 is 1.76 bits per heavy atom. The summed E-state index contributed by atoms with van der Waals surface area (Å²) in [6.07, 6.45) is -4.22. The van der Waals surface area contributed by atoms with E-state index in [-0.39, 0.29) is 36.4 Å². The maximum absolute atomic E-state index is 12.9. The molecule has 0 bridgehead atoms. The normalized spacial score (nSPS) is 16.7. The largest absolute Gasteiger partial charge is 0.403 e. The Bertz CT molecular complexity index is 649. The first-order valence-corrected chi connectivity index (χ1v) is 9.46. The van der Waals surface area contributed by atoms with Gasteiger partial charge in [0.05, 0.1) is 0 Å². The monoisotopic (exact) mass is 527 g/mol. The Balaban J connectivity index is 0.00000420. The molecule has 1 amide bonds. The minimum absolute atomic E-state index is 0. The molecule has 164 valence electrons. The molecule has 0 aliphatic carbocycles. The fourth-order valence-corrected chi connectivity index (χ4v) is 2.95. The van der Waals surface area contributed by atoms with Gasteiger partial charge in [-0.1, -0.05) is 30.3 Å². The van der Waals surface area contributed by atoms with E-state index < -0.39 is 12.2 Å². The summed E-state index contributed by atoms with van der Waals surface area (Å²) < 4.78 is 38.6. The summed E-state index contributed by atoms with van der Waals surface area (Å²) in [6.45, 7) is 5.56. The highest BCUT2D eigenvalue weighted by Crippen LogP contribution is 2.25. The molecule has 0 spiro atoms. The van der Waals surface area contributed by atoms with Crippen LogP contribution in [0.15, 0.2) is 35.3 Å². The number of amides is 1. The van der Waals surface area contributed by atoms with E-state index in [2.05, 4.69) is 15.6 Å². The van der Waals surface area contributed by atoms with Crippen LogP contribution < -0.4 is 10.6 Å². The number of nitrogens with one attached hydrogen (secondary N) is 2. The van der Waals surface area contributed by atoms with Gasteiger partial charge in [0.1, 0.15) is 12.6 Å². The standard InChI is InChI=1S/C19H28F3N5O.HI/c1-3-23-18(25-14-17(28)24-13-16-7-5-4-6-8-16)27-11-9-26(10-12-27)15(2)19(20,21)22;/h4-8,15H,3,9-14H2,1-2H3,(H,23,25)(H,24,28);1H. The molecule has 6 nitrogen and oxygen atoms in total. The van der Waals surface area contributed by atoms with Gasteiger partial charge in [0, 0.05) is 39.3 Å². The molecule has 0 saturated carbocycles. The number of carbonyl (C=O) groups is 1. The van der Waals surface area contributed by atoms with Gasteiger partial charge in [-0.15, -0.1) is 24.0 Å². The molecule has 1 heterocycles. The Morgan fingerprint density at radius 3 is 2.31 bits per heavy atom. The molecule has 1 aliphatic heterocycles. The number of benzene rings is 1. The SMILES string of the molecule is CCNC(=NCC(=O)NCc1ccccc1)N1CCN(C(C)C(F)(F)F)CC1.I. The zero-order valence-electron chi connectivity index (χ0n) is 16.7. The van der Waals surface area contributed by atoms with E-state index in [0.717, 1.165) is 5.56 Å². The molecule has 29 heavy (non-hydrogen) atoms. The molecule has 1 aromatic carbocycles. The lowest BCUT2D eigenvalue weighted by Crippen LogP contribution is -2.56. The topological polar surface area (TPSA) is 60.0 Å². The summed E-state index contributed by atoms with van der Waals surface area (Å²) in [5.41, 5.74) is 1.00.